The number of nitrogens with two attached hydrogens (primary N) is 1. The molecule has 0 spiro atoms. The minimum atomic E-state index is -0.146. The highest BCUT2D eigenvalue weighted by Crippen LogP contribution is 2.13. The third kappa shape index (κ3) is 3.93. The average Bonchev–Trinajstić information content (AvgIpc) is 2.48. The van der Waals surface area contributed by atoms with Crippen molar-refractivity contribution < 1.29 is 4.79 Å². The standard InChI is InChI=1S/C16H16N2O/c17-11-16(19)18(12-14-7-3-1-4-8-14)13-15-9-5-2-6-10-15/h1-10,12-13H,11,17H2. The molecule has 0 atom stereocenters. The molecule has 2 radical (unpaired) electrons. The molecule has 19 heavy (non-hydrogen) atoms. The number of nitrogens with zero attached hydrogens (tertiary/aromatic N) is 1. The van der Waals surface area contributed by atoms with Gasteiger partial charge >= 0.3 is 0 Å². The first-order valence-electron chi connectivity index (χ1n) is 6.10. The van der Waals surface area contributed by atoms with E-state index in [2.05, 4.69) is 0 Å². The predicted octanol–water partition coefficient (Wildman–Crippen LogP) is 2.19. The molecule has 0 unspecified atom stereocenters. The fraction of sp³-hybridized carbons (Fsp3) is 0.0625. The zero-order valence-electron chi connectivity index (χ0n) is 10.6. The lowest BCUT2D eigenvalue weighted by Gasteiger charge is -2.21. The maximum absolute atomic E-state index is 11.9. The second-order valence-corrected chi connectivity index (χ2v) is 4.08. The van der Waals surface area contributed by atoms with E-state index in [4.69, 9.17) is 5.73 Å². The van der Waals surface area contributed by atoms with Crippen LogP contribution in [0.3, 0.4) is 0 Å². The summed E-state index contributed by atoms with van der Waals surface area (Å²) in [4.78, 5) is 13.4. The van der Waals surface area contributed by atoms with Crippen LogP contribution < -0.4 is 5.73 Å². The van der Waals surface area contributed by atoms with Gasteiger partial charge in [-0.2, -0.15) is 0 Å². The minimum Gasteiger partial charge on any atom is -0.323 e. The number of carbonyl (C=O) groups excluding carboxylic acids is 1. The molecule has 0 aromatic heterocycles. The fourth-order valence-electron chi connectivity index (χ4n) is 1.69. The molecule has 3 nitrogen and oxygen atoms in total. The van der Waals surface area contributed by atoms with Crippen molar-refractivity contribution in [2.45, 2.75) is 0 Å². The van der Waals surface area contributed by atoms with Gasteiger partial charge in [0.25, 0.3) is 0 Å². The van der Waals surface area contributed by atoms with E-state index in [-0.39, 0.29) is 12.5 Å². The molecule has 0 aliphatic carbocycles. The van der Waals surface area contributed by atoms with Gasteiger partial charge in [0.05, 0.1) is 19.6 Å². The molecular weight excluding hydrogens is 236 g/mol. The first kappa shape index (κ1) is 13.3. The van der Waals surface area contributed by atoms with Crippen LogP contribution in [0.5, 0.6) is 0 Å². The van der Waals surface area contributed by atoms with Gasteiger partial charge in [-0.15, -0.1) is 0 Å². The van der Waals surface area contributed by atoms with Gasteiger partial charge in [0.2, 0.25) is 5.91 Å². The molecule has 2 N–H and O–H groups in total. The van der Waals surface area contributed by atoms with Gasteiger partial charge in [0, 0.05) is 0 Å². The molecule has 96 valence electrons. The molecule has 0 aliphatic heterocycles. The summed E-state index contributed by atoms with van der Waals surface area (Å²) in [6, 6.07) is 19.4. The first-order valence-corrected chi connectivity index (χ1v) is 6.10. The van der Waals surface area contributed by atoms with E-state index in [0.29, 0.717) is 0 Å². The van der Waals surface area contributed by atoms with E-state index >= 15 is 0 Å². The molecule has 2 aromatic carbocycles. The number of benzene rings is 2. The Kier molecular flexibility index (Phi) is 4.70. The molecule has 0 saturated heterocycles. The Bertz CT molecular complexity index is 469. The normalized spacial score (nSPS) is 10.2. The van der Waals surface area contributed by atoms with Crippen molar-refractivity contribution in [3.8, 4) is 0 Å². The Morgan fingerprint density at radius 3 is 1.68 bits per heavy atom. The van der Waals surface area contributed by atoms with Gasteiger partial charge in [-0.1, -0.05) is 60.7 Å². The topological polar surface area (TPSA) is 46.3 Å². The van der Waals surface area contributed by atoms with Gasteiger partial charge < -0.3 is 10.6 Å². The van der Waals surface area contributed by atoms with E-state index in [1.54, 1.807) is 13.1 Å². The molecule has 1 amide bonds. The quantitative estimate of drug-likeness (QED) is 0.886. The Balaban J connectivity index is 2.10. The smallest absolute Gasteiger partial charge is 0.237 e. The Hall–Kier alpha value is -2.13. The summed E-state index contributed by atoms with van der Waals surface area (Å²) in [5.74, 6) is -0.146. The molecule has 3 heteroatoms. The number of hydrogen-bond donors (Lipinski definition) is 1. The zero-order chi connectivity index (χ0) is 13.5. The van der Waals surface area contributed by atoms with E-state index < -0.39 is 0 Å². The number of amides is 1. The van der Waals surface area contributed by atoms with Gasteiger partial charge in [-0.25, -0.2) is 0 Å². The van der Waals surface area contributed by atoms with Gasteiger partial charge in [0.15, 0.2) is 0 Å². The first-order chi connectivity index (χ1) is 9.29. The lowest BCUT2D eigenvalue weighted by atomic mass is 10.1. The maximum atomic E-state index is 11.9. The number of carbonyl (C=O) groups is 1. The third-order valence-corrected chi connectivity index (χ3v) is 2.64. The van der Waals surface area contributed by atoms with Crippen molar-refractivity contribution >= 4 is 5.91 Å². The molecule has 0 aliphatic rings. The Labute approximate surface area is 113 Å². The Morgan fingerprint density at radius 2 is 1.32 bits per heavy atom. The summed E-state index contributed by atoms with van der Waals surface area (Å²) < 4.78 is 0. The van der Waals surface area contributed by atoms with Crippen molar-refractivity contribution in [2.24, 2.45) is 5.73 Å². The monoisotopic (exact) mass is 252 g/mol. The SMILES string of the molecule is NCC(=O)N([CH]c1ccccc1)[CH]c1ccccc1. The average molecular weight is 252 g/mol. The van der Waals surface area contributed by atoms with Crippen LogP contribution in [-0.2, 0) is 4.79 Å². The van der Waals surface area contributed by atoms with E-state index in [1.165, 1.54) is 4.90 Å². The summed E-state index contributed by atoms with van der Waals surface area (Å²) in [6.45, 7) is 3.54. The summed E-state index contributed by atoms with van der Waals surface area (Å²) in [7, 11) is 0. The lowest BCUT2D eigenvalue weighted by molar-refractivity contribution is -0.126. The number of rotatable bonds is 5. The van der Waals surface area contributed by atoms with E-state index in [1.807, 2.05) is 60.7 Å². The van der Waals surface area contributed by atoms with Gasteiger partial charge in [-0.05, 0) is 11.1 Å². The van der Waals surface area contributed by atoms with Crippen LogP contribution in [-0.4, -0.2) is 17.4 Å². The molecule has 0 heterocycles. The van der Waals surface area contributed by atoms with Crippen LogP contribution in [0.2, 0.25) is 0 Å². The second-order valence-electron chi connectivity index (χ2n) is 4.08. The van der Waals surface area contributed by atoms with Crippen molar-refractivity contribution in [2.75, 3.05) is 6.54 Å². The van der Waals surface area contributed by atoms with E-state index in [0.717, 1.165) is 11.1 Å². The molecule has 2 rings (SSSR count). The van der Waals surface area contributed by atoms with E-state index in [9.17, 15) is 4.79 Å². The molecule has 0 fully saturated rings. The van der Waals surface area contributed by atoms with Crippen molar-refractivity contribution in [3.05, 3.63) is 84.9 Å². The largest absolute Gasteiger partial charge is 0.323 e. The molecule has 0 saturated carbocycles. The molecule has 2 aromatic rings. The summed E-state index contributed by atoms with van der Waals surface area (Å²) in [6.07, 6.45) is 0. The summed E-state index contributed by atoms with van der Waals surface area (Å²) >= 11 is 0. The highest BCUT2D eigenvalue weighted by molar-refractivity contribution is 5.80. The lowest BCUT2D eigenvalue weighted by Crippen LogP contribution is -2.32. The van der Waals surface area contributed by atoms with Crippen molar-refractivity contribution in [3.63, 3.8) is 0 Å². The fourth-order valence-corrected chi connectivity index (χ4v) is 1.69. The third-order valence-electron chi connectivity index (χ3n) is 2.64. The summed E-state index contributed by atoms with van der Waals surface area (Å²) in [5.41, 5.74) is 7.36. The summed E-state index contributed by atoms with van der Waals surface area (Å²) in [5, 5.41) is 0. The minimum absolute atomic E-state index is 0.0212. The molecule has 0 bridgehead atoms. The van der Waals surface area contributed by atoms with Gasteiger partial charge in [-0.3, -0.25) is 4.79 Å². The van der Waals surface area contributed by atoms with Crippen LogP contribution in [0.4, 0.5) is 0 Å². The van der Waals surface area contributed by atoms with Crippen molar-refractivity contribution in [1.29, 1.82) is 0 Å². The van der Waals surface area contributed by atoms with Crippen LogP contribution in [0.25, 0.3) is 0 Å². The highest BCUT2D eigenvalue weighted by atomic mass is 16.2. The van der Waals surface area contributed by atoms with Crippen molar-refractivity contribution in [1.82, 2.24) is 4.90 Å². The van der Waals surface area contributed by atoms with Crippen LogP contribution in [0.15, 0.2) is 60.7 Å². The van der Waals surface area contributed by atoms with Gasteiger partial charge in [0.1, 0.15) is 0 Å². The predicted molar refractivity (Wildman–Crippen MR) is 75.6 cm³/mol. The van der Waals surface area contributed by atoms with Crippen LogP contribution in [0, 0.1) is 13.1 Å². The number of hydrogen-bond acceptors (Lipinski definition) is 2. The highest BCUT2D eigenvalue weighted by Gasteiger charge is 2.13. The Morgan fingerprint density at radius 1 is 0.895 bits per heavy atom. The van der Waals surface area contributed by atoms with Crippen LogP contribution in [0.1, 0.15) is 11.1 Å². The zero-order valence-corrected chi connectivity index (χ0v) is 10.6. The maximum Gasteiger partial charge on any atom is 0.237 e. The second kappa shape index (κ2) is 6.71. The van der Waals surface area contributed by atoms with Crippen LogP contribution >= 0.6 is 0 Å². The molecular formula is C16H16N2O.